The summed E-state index contributed by atoms with van der Waals surface area (Å²) < 4.78 is 0. The number of rotatable bonds is 2. The number of aromatic carboxylic acids is 1. The van der Waals surface area contributed by atoms with Crippen molar-refractivity contribution in [2.75, 3.05) is 25.0 Å². The van der Waals surface area contributed by atoms with E-state index in [-0.39, 0.29) is 5.56 Å². The van der Waals surface area contributed by atoms with Crippen molar-refractivity contribution in [1.29, 1.82) is 0 Å². The number of hydrogen-bond donors (Lipinski definition) is 1. The molecule has 6 nitrogen and oxygen atoms in total. The quantitative estimate of drug-likeness (QED) is 0.833. The highest BCUT2D eigenvalue weighted by Gasteiger charge is 2.29. The molecule has 2 atom stereocenters. The first-order valence-corrected chi connectivity index (χ1v) is 6.02. The first-order chi connectivity index (χ1) is 8.50. The van der Waals surface area contributed by atoms with Gasteiger partial charge in [0.15, 0.2) is 5.82 Å². The Kier molecular flexibility index (Phi) is 3.47. The Morgan fingerprint density at radius 3 is 2.56 bits per heavy atom. The van der Waals surface area contributed by atoms with Crippen LogP contribution in [0.1, 0.15) is 24.2 Å². The van der Waals surface area contributed by atoms with E-state index in [0.29, 0.717) is 17.9 Å². The molecule has 1 saturated heterocycles. The fourth-order valence-electron chi connectivity index (χ4n) is 2.30. The smallest absolute Gasteiger partial charge is 0.339 e. The number of anilines is 1. The van der Waals surface area contributed by atoms with Crippen LogP contribution in [0, 0.1) is 0 Å². The zero-order chi connectivity index (χ0) is 13.3. The van der Waals surface area contributed by atoms with E-state index in [1.165, 1.54) is 12.3 Å². The molecule has 0 radical (unpaired) electrons. The second kappa shape index (κ2) is 4.89. The van der Waals surface area contributed by atoms with Crippen LogP contribution >= 0.6 is 0 Å². The van der Waals surface area contributed by atoms with Crippen LogP contribution in [0.15, 0.2) is 12.3 Å². The molecule has 1 N–H and O–H groups in total. The Morgan fingerprint density at radius 2 is 2.00 bits per heavy atom. The molecule has 1 aromatic heterocycles. The van der Waals surface area contributed by atoms with Gasteiger partial charge in [0.2, 0.25) is 0 Å². The van der Waals surface area contributed by atoms with E-state index in [4.69, 9.17) is 0 Å². The molecule has 1 fully saturated rings. The number of piperazine rings is 1. The van der Waals surface area contributed by atoms with Crippen molar-refractivity contribution in [3.63, 3.8) is 0 Å². The van der Waals surface area contributed by atoms with Crippen LogP contribution in [-0.4, -0.2) is 58.4 Å². The topological polar surface area (TPSA) is 69.6 Å². The maximum Gasteiger partial charge on any atom is 0.339 e. The standard InChI is InChI=1S/C12H18N4O2/c1-8-6-16(7-9(2)15(8)3)11-10(12(17)18)4-5-13-14-11/h4-5,8-9H,6-7H2,1-3H3,(H,17,18). The van der Waals surface area contributed by atoms with Gasteiger partial charge in [-0.2, -0.15) is 5.10 Å². The van der Waals surface area contributed by atoms with Crippen molar-refractivity contribution < 1.29 is 9.90 Å². The molecule has 98 valence electrons. The van der Waals surface area contributed by atoms with Gasteiger partial charge in [0.25, 0.3) is 0 Å². The van der Waals surface area contributed by atoms with E-state index in [0.717, 1.165) is 13.1 Å². The predicted octanol–water partition coefficient (Wildman–Crippen LogP) is 0.704. The minimum absolute atomic E-state index is 0.217. The summed E-state index contributed by atoms with van der Waals surface area (Å²) in [6, 6.07) is 2.22. The molecule has 18 heavy (non-hydrogen) atoms. The summed E-state index contributed by atoms with van der Waals surface area (Å²) in [5.41, 5.74) is 0.217. The molecular formula is C12H18N4O2. The maximum absolute atomic E-state index is 11.2. The van der Waals surface area contributed by atoms with Crippen molar-refractivity contribution in [3.8, 4) is 0 Å². The molecule has 6 heteroatoms. The third-order valence-electron chi connectivity index (χ3n) is 3.59. The SMILES string of the molecule is CC1CN(c2nnccc2C(=O)O)CC(C)N1C. The number of aromatic nitrogens is 2. The first-order valence-electron chi connectivity index (χ1n) is 6.02. The van der Waals surface area contributed by atoms with Gasteiger partial charge in [-0.15, -0.1) is 5.10 Å². The van der Waals surface area contributed by atoms with E-state index in [2.05, 4.69) is 36.0 Å². The molecule has 0 aromatic carbocycles. The molecule has 2 heterocycles. The van der Waals surface area contributed by atoms with Crippen molar-refractivity contribution in [3.05, 3.63) is 17.8 Å². The molecule has 0 bridgehead atoms. The summed E-state index contributed by atoms with van der Waals surface area (Å²) >= 11 is 0. The van der Waals surface area contributed by atoms with Crippen molar-refractivity contribution in [2.24, 2.45) is 0 Å². The predicted molar refractivity (Wildman–Crippen MR) is 67.9 cm³/mol. The van der Waals surface area contributed by atoms with Crippen molar-refractivity contribution in [2.45, 2.75) is 25.9 Å². The summed E-state index contributed by atoms with van der Waals surface area (Å²) in [6.07, 6.45) is 1.41. The van der Waals surface area contributed by atoms with E-state index < -0.39 is 5.97 Å². The first kappa shape index (κ1) is 12.8. The van der Waals surface area contributed by atoms with Crippen LogP contribution in [-0.2, 0) is 0 Å². The Labute approximate surface area is 106 Å². The zero-order valence-electron chi connectivity index (χ0n) is 10.9. The number of carboxylic acid groups (broad SMARTS) is 1. The minimum atomic E-state index is -0.959. The number of nitrogens with zero attached hydrogens (tertiary/aromatic N) is 4. The third kappa shape index (κ3) is 2.28. The molecule has 0 aliphatic carbocycles. The molecule has 0 saturated carbocycles. The second-order valence-corrected chi connectivity index (χ2v) is 4.84. The average Bonchev–Trinajstić information content (AvgIpc) is 2.35. The Morgan fingerprint density at radius 1 is 1.39 bits per heavy atom. The van der Waals surface area contributed by atoms with Crippen molar-refractivity contribution in [1.82, 2.24) is 15.1 Å². The van der Waals surface area contributed by atoms with E-state index >= 15 is 0 Å². The zero-order valence-corrected chi connectivity index (χ0v) is 10.9. The second-order valence-electron chi connectivity index (χ2n) is 4.84. The summed E-state index contributed by atoms with van der Waals surface area (Å²) in [5, 5.41) is 17.0. The van der Waals surface area contributed by atoms with Crippen molar-refractivity contribution >= 4 is 11.8 Å². The third-order valence-corrected chi connectivity index (χ3v) is 3.59. The summed E-state index contributed by atoms with van der Waals surface area (Å²) in [7, 11) is 2.08. The monoisotopic (exact) mass is 250 g/mol. The molecule has 0 spiro atoms. The molecule has 1 aromatic rings. The fourth-order valence-corrected chi connectivity index (χ4v) is 2.30. The van der Waals surface area contributed by atoms with Crippen LogP contribution in [0.25, 0.3) is 0 Å². The van der Waals surface area contributed by atoms with Gasteiger partial charge in [-0.3, -0.25) is 4.90 Å². The lowest BCUT2D eigenvalue weighted by Gasteiger charge is -2.43. The van der Waals surface area contributed by atoms with Gasteiger partial charge >= 0.3 is 5.97 Å². The maximum atomic E-state index is 11.2. The number of carboxylic acids is 1. The van der Waals surface area contributed by atoms with Crippen LogP contribution in [0.4, 0.5) is 5.82 Å². The van der Waals surface area contributed by atoms with Gasteiger partial charge < -0.3 is 10.0 Å². The Hall–Kier alpha value is -1.69. The molecule has 2 rings (SSSR count). The van der Waals surface area contributed by atoms with Crippen LogP contribution in [0.2, 0.25) is 0 Å². The Bertz CT molecular complexity index is 439. The Balaban J connectivity index is 2.30. The molecule has 1 aliphatic rings. The normalized spacial score (nSPS) is 25.2. The van der Waals surface area contributed by atoms with Gasteiger partial charge in [0, 0.05) is 25.2 Å². The van der Waals surface area contributed by atoms with Crippen LogP contribution in [0.3, 0.4) is 0 Å². The van der Waals surface area contributed by atoms with Gasteiger partial charge in [-0.25, -0.2) is 4.79 Å². The summed E-state index contributed by atoms with van der Waals surface area (Å²) in [5.74, 6) is -0.490. The van der Waals surface area contributed by atoms with E-state index in [1.54, 1.807) is 0 Å². The summed E-state index contributed by atoms with van der Waals surface area (Å²) in [4.78, 5) is 15.5. The van der Waals surface area contributed by atoms with Crippen LogP contribution in [0.5, 0.6) is 0 Å². The highest BCUT2D eigenvalue weighted by atomic mass is 16.4. The van der Waals surface area contributed by atoms with Gasteiger partial charge in [0.05, 0.1) is 6.20 Å². The number of carbonyl (C=O) groups is 1. The lowest BCUT2D eigenvalue weighted by molar-refractivity contribution is 0.0696. The largest absolute Gasteiger partial charge is 0.478 e. The lowest BCUT2D eigenvalue weighted by Crippen LogP contribution is -2.55. The highest BCUT2D eigenvalue weighted by molar-refractivity contribution is 5.93. The van der Waals surface area contributed by atoms with Gasteiger partial charge in [0.1, 0.15) is 5.56 Å². The van der Waals surface area contributed by atoms with Gasteiger partial charge in [-0.1, -0.05) is 0 Å². The average molecular weight is 250 g/mol. The lowest BCUT2D eigenvalue weighted by atomic mass is 10.1. The van der Waals surface area contributed by atoms with Gasteiger partial charge in [-0.05, 0) is 27.0 Å². The molecule has 1 aliphatic heterocycles. The van der Waals surface area contributed by atoms with E-state index in [9.17, 15) is 9.90 Å². The number of likely N-dealkylation sites (N-methyl/N-ethyl adjacent to an activating group) is 1. The number of hydrogen-bond acceptors (Lipinski definition) is 5. The molecular weight excluding hydrogens is 232 g/mol. The molecule has 2 unspecified atom stereocenters. The minimum Gasteiger partial charge on any atom is -0.478 e. The van der Waals surface area contributed by atoms with E-state index in [1.807, 2.05) is 4.90 Å². The van der Waals surface area contributed by atoms with Crippen LogP contribution < -0.4 is 4.90 Å². The molecule has 0 amide bonds. The fraction of sp³-hybridized carbons (Fsp3) is 0.583. The highest BCUT2D eigenvalue weighted by Crippen LogP contribution is 2.22. The summed E-state index contributed by atoms with van der Waals surface area (Å²) in [6.45, 7) is 5.78.